The molecule has 12 nitrogen and oxygen atoms in total. The van der Waals surface area contributed by atoms with E-state index in [4.69, 9.17) is 23.0 Å². The monoisotopic (exact) mass is 593 g/mol. The van der Waals surface area contributed by atoms with Crippen molar-refractivity contribution in [2.45, 2.75) is 27.0 Å². The lowest BCUT2D eigenvalue weighted by Gasteiger charge is -2.11. The Kier molecular flexibility index (Phi) is 8.21. The average molecular weight is 594 g/mol. The third-order valence-electron chi connectivity index (χ3n) is 6.22. The summed E-state index contributed by atoms with van der Waals surface area (Å²) >= 11 is 1.12. The predicted octanol–water partition coefficient (Wildman–Crippen LogP) is 4.90. The SMILES string of the molecule is CCOc1cc(-c2cc(NCCn3c(C#N)cc4c(OC)ccc(F)c43)ncn2)sc1C(=O)OCc1oc(=O)oc1C. The molecule has 0 saturated heterocycles. The van der Waals surface area contributed by atoms with Crippen LogP contribution in [0.5, 0.6) is 11.5 Å². The van der Waals surface area contributed by atoms with Crippen molar-refractivity contribution in [3.8, 4) is 28.1 Å². The minimum Gasteiger partial charge on any atom is -0.496 e. The molecule has 0 aliphatic heterocycles. The Labute approximate surface area is 241 Å². The lowest BCUT2D eigenvalue weighted by molar-refractivity contribution is 0.0445. The van der Waals surface area contributed by atoms with Crippen molar-refractivity contribution in [3.05, 3.63) is 75.2 Å². The molecule has 5 rings (SSSR count). The molecular weight excluding hydrogens is 569 g/mol. The summed E-state index contributed by atoms with van der Waals surface area (Å²) in [7, 11) is 1.49. The van der Waals surface area contributed by atoms with Gasteiger partial charge in [-0.3, -0.25) is 0 Å². The molecule has 0 saturated carbocycles. The van der Waals surface area contributed by atoms with Crippen LogP contribution in [0.1, 0.15) is 33.8 Å². The van der Waals surface area contributed by atoms with E-state index in [0.717, 1.165) is 11.3 Å². The number of nitriles is 1. The molecule has 42 heavy (non-hydrogen) atoms. The van der Waals surface area contributed by atoms with E-state index in [1.54, 1.807) is 29.7 Å². The standard InChI is InChI=1S/C28H24FN5O7S/c1-4-38-21-11-23(42-26(21)27(35)39-13-22-15(2)40-28(36)41-22)19-10-24(33-14-32-19)31-7-8-34-16(12-30)9-17-20(37-3)6-5-18(29)25(17)34/h5-6,9-11,14H,4,7-8,13H2,1-3H3,(H,31,32,33). The maximum atomic E-state index is 14.7. The first kappa shape index (κ1) is 28.4. The molecule has 4 heterocycles. The second-order valence-electron chi connectivity index (χ2n) is 8.77. The molecule has 0 atom stereocenters. The lowest BCUT2D eigenvalue weighted by Crippen LogP contribution is -2.13. The summed E-state index contributed by atoms with van der Waals surface area (Å²) in [6.45, 7) is 3.95. The summed E-state index contributed by atoms with van der Waals surface area (Å²) in [5.41, 5.74) is 1.10. The van der Waals surface area contributed by atoms with Gasteiger partial charge in [0.1, 0.15) is 41.2 Å². The van der Waals surface area contributed by atoms with Crippen molar-refractivity contribution in [2.24, 2.45) is 0 Å². The Morgan fingerprint density at radius 3 is 2.76 bits per heavy atom. The van der Waals surface area contributed by atoms with E-state index in [-0.39, 0.29) is 35.1 Å². The van der Waals surface area contributed by atoms with Gasteiger partial charge in [-0.15, -0.1) is 11.3 Å². The van der Waals surface area contributed by atoms with Crippen molar-refractivity contribution in [2.75, 3.05) is 25.6 Å². The zero-order valence-corrected chi connectivity index (χ0v) is 23.5. The second kappa shape index (κ2) is 12.1. The van der Waals surface area contributed by atoms with E-state index in [1.165, 1.54) is 32.5 Å². The molecule has 1 N–H and O–H groups in total. The number of carbonyl (C=O) groups excluding carboxylic acids is 1. The number of anilines is 1. The summed E-state index contributed by atoms with van der Waals surface area (Å²) in [6.07, 6.45) is 1.37. The van der Waals surface area contributed by atoms with Gasteiger partial charge in [0, 0.05) is 30.6 Å². The highest BCUT2D eigenvalue weighted by Crippen LogP contribution is 2.37. The fraction of sp³-hybridized carbons (Fsp3) is 0.250. The molecule has 0 amide bonds. The molecule has 216 valence electrons. The van der Waals surface area contributed by atoms with Crippen molar-refractivity contribution in [1.29, 1.82) is 5.26 Å². The molecule has 0 bridgehead atoms. The van der Waals surface area contributed by atoms with Crippen LogP contribution in [0.2, 0.25) is 0 Å². The number of benzene rings is 1. The largest absolute Gasteiger partial charge is 0.519 e. The van der Waals surface area contributed by atoms with Gasteiger partial charge >= 0.3 is 11.8 Å². The van der Waals surface area contributed by atoms with Gasteiger partial charge < -0.3 is 32.9 Å². The highest BCUT2D eigenvalue weighted by atomic mass is 32.1. The number of thiophene rings is 1. The molecule has 0 aliphatic rings. The van der Waals surface area contributed by atoms with Crippen molar-refractivity contribution >= 4 is 34.0 Å². The number of rotatable bonds is 11. The predicted molar refractivity (Wildman–Crippen MR) is 149 cm³/mol. The van der Waals surface area contributed by atoms with Gasteiger partial charge in [-0.25, -0.2) is 23.9 Å². The number of hydrogen-bond acceptors (Lipinski definition) is 12. The van der Waals surface area contributed by atoms with Gasteiger partial charge in [-0.1, -0.05) is 0 Å². The number of fused-ring (bicyclic) bond motifs is 1. The summed E-state index contributed by atoms with van der Waals surface area (Å²) in [6, 6.07) is 9.92. The second-order valence-corrected chi connectivity index (χ2v) is 9.82. The zero-order chi connectivity index (χ0) is 29.8. The fourth-order valence-corrected chi connectivity index (χ4v) is 5.27. The number of methoxy groups -OCH3 is 1. The Bertz CT molecular complexity index is 1870. The fourth-order valence-electron chi connectivity index (χ4n) is 4.31. The number of halogens is 1. The van der Waals surface area contributed by atoms with Crippen LogP contribution >= 0.6 is 11.3 Å². The van der Waals surface area contributed by atoms with Crippen LogP contribution < -0.4 is 20.6 Å². The Morgan fingerprint density at radius 2 is 2.05 bits per heavy atom. The van der Waals surface area contributed by atoms with Gasteiger partial charge in [0.2, 0.25) is 0 Å². The topological polar surface area (TPSA) is 155 Å². The van der Waals surface area contributed by atoms with Crippen LogP contribution in [0.3, 0.4) is 0 Å². The van der Waals surface area contributed by atoms with Crippen LogP contribution in [0.25, 0.3) is 21.5 Å². The molecule has 5 aromatic rings. The maximum Gasteiger partial charge on any atom is 0.519 e. The molecule has 0 aliphatic carbocycles. The van der Waals surface area contributed by atoms with Gasteiger partial charge in [0.25, 0.3) is 0 Å². The Morgan fingerprint density at radius 1 is 1.21 bits per heavy atom. The number of aromatic nitrogens is 3. The van der Waals surface area contributed by atoms with Gasteiger partial charge in [-0.2, -0.15) is 5.26 Å². The van der Waals surface area contributed by atoms with Crippen molar-refractivity contribution in [1.82, 2.24) is 14.5 Å². The molecule has 1 aromatic carbocycles. The maximum absolute atomic E-state index is 14.7. The number of esters is 1. The first-order chi connectivity index (χ1) is 20.3. The van der Waals surface area contributed by atoms with E-state index in [9.17, 15) is 19.2 Å². The zero-order valence-electron chi connectivity index (χ0n) is 22.7. The van der Waals surface area contributed by atoms with E-state index < -0.39 is 17.6 Å². The third kappa shape index (κ3) is 5.68. The lowest BCUT2D eigenvalue weighted by atomic mass is 10.2. The molecule has 0 unspecified atom stereocenters. The van der Waals surface area contributed by atoms with Crippen molar-refractivity contribution in [3.63, 3.8) is 0 Å². The van der Waals surface area contributed by atoms with Crippen LogP contribution in [0.15, 0.2) is 50.3 Å². The van der Waals surface area contributed by atoms with E-state index in [1.807, 2.05) is 0 Å². The molecule has 0 fully saturated rings. The molecule has 0 radical (unpaired) electrons. The summed E-state index contributed by atoms with van der Waals surface area (Å²) in [5.74, 6) is -0.380. The number of aryl methyl sites for hydroxylation is 1. The number of ether oxygens (including phenoxy) is 3. The minimum atomic E-state index is -0.875. The van der Waals surface area contributed by atoms with Gasteiger partial charge in [0.05, 0.1) is 29.8 Å². The van der Waals surface area contributed by atoms with E-state index in [0.29, 0.717) is 52.1 Å². The van der Waals surface area contributed by atoms with Crippen molar-refractivity contribution < 1.29 is 32.2 Å². The highest BCUT2D eigenvalue weighted by molar-refractivity contribution is 7.17. The van der Waals surface area contributed by atoms with Gasteiger partial charge in [-0.05, 0) is 32.0 Å². The first-order valence-corrected chi connectivity index (χ1v) is 13.5. The molecule has 14 heteroatoms. The third-order valence-corrected chi connectivity index (χ3v) is 7.34. The summed E-state index contributed by atoms with van der Waals surface area (Å²) < 4.78 is 42.3. The van der Waals surface area contributed by atoms with E-state index in [2.05, 4.69) is 21.4 Å². The van der Waals surface area contributed by atoms with Crippen LogP contribution in [-0.4, -0.2) is 40.8 Å². The molecule has 4 aromatic heterocycles. The minimum absolute atomic E-state index is 0.117. The quantitative estimate of drug-likeness (QED) is 0.208. The van der Waals surface area contributed by atoms with Crippen LogP contribution in [0, 0.1) is 24.1 Å². The van der Waals surface area contributed by atoms with E-state index >= 15 is 0 Å². The molecule has 0 spiro atoms. The summed E-state index contributed by atoms with van der Waals surface area (Å²) in [5, 5.41) is 13.3. The van der Waals surface area contributed by atoms with Gasteiger partial charge in [0.15, 0.2) is 23.0 Å². The van der Waals surface area contributed by atoms with Crippen LogP contribution in [-0.2, 0) is 17.9 Å². The number of hydrogen-bond donors (Lipinski definition) is 1. The number of nitrogens with zero attached hydrogens (tertiary/aromatic N) is 4. The molecular formula is C28H24FN5O7S. The number of nitrogens with one attached hydrogen (secondary N) is 1. The Hall–Kier alpha value is -5.16. The average Bonchev–Trinajstić information content (AvgIpc) is 3.67. The smallest absolute Gasteiger partial charge is 0.496 e. The Balaban J connectivity index is 1.32. The normalized spacial score (nSPS) is 10.9. The van der Waals surface area contributed by atoms with Crippen LogP contribution in [0.4, 0.5) is 10.2 Å². The number of carbonyl (C=O) groups is 1. The first-order valence-electron chi connectivity index (χ1n) is 12.7. The summed E-state index contributed by atoms with van der Waals surface area (Å²) in [4.78, 5) is 33.5. The highest BCUT2D eigenvalue weighted by Gasteiger charge is 2.22.